The van der Waals surface area contributed by atoms with Crippen LogP contribution in [-0.2, 0) is 11.1 Å². The van der Waals surface area contributed by atoms with Crippen molar-refractivity contribution in [2.45, 2.75) is 48.4 Å². The molecule has 4 heteroatoms. The molecule has 84 valence electrons. The standard InChI is InChI=1S/C11H16BrNS2/c12-6-10-7-13-11(15-10)8-14-9-4-2-1-3-5-9/h7,9H,1-6,8H2. The highest BCUT2D eigenvalue weighted by Crippen LogP contribution is 2.31. The lowest BCUT2D eigenvalue weighted by atomic mass is 10.0. The smallest absolute Gasteiger partial charge is 0.103 e. The zero-order chi connectivity index (χ0) is 10.5. The molecule has 1 aromatic rings. The quantitative estimate of drug-likeness (QED) is 0.754. The highest BCUT2D eigenvalue weighted by Gasteiger charge is 2.14. The fourth-order valence-corrected chi connectivity index (χ4v) is 4.51. The molecule has 0 radical (unpaired) electrons. The van der Waals surface area contributed by atoms with Crippen molar-refractivity contribution in [3.63, 3.8) is 0 Å². The summed E-state index contributed by atoms with van der Waals surface area (Å²) in [5.41, 5.74) is 0. The number of alkyl halides is 1. The lowest BCUT2D eigenvalue weighted by Crippen LogP contribution is -2.07. The van der Waals surface area contributed by atoms with E-state index in [1.807, 2.05) is 17.5 Å². The Bertz CT molecular complexity index is 295. The van der Waals surface area contributed by atoms with Gasteiger partial charge in [0.15, 0.2) is 0 Å². The van der Waals surface area contributed by atoms with E-state index >= 15 is 0 Å². The van der Waals surface area contributed by atoms with Crippen LogP contribution in [0.2, 0.25) is 0 Å². The van der Waals surface area contributed by atoms with Crippen molar-refractivity contribution in [1.82, 2.24) is 4.98 Å². The Kier molecular flexibility index (Phi) is 4.98. The van der Waals surface area contributed by atoms with Crippen LogP contribution in [0.25, 0.3) is 0 Å². The van der Waals surface area contributed by atoms with Crippen molar-refractivity contribution < 1.29 is 0 Å². The maximum Gasteiger partial charge on any atom is 0.103 e. The first-order valence-corrected chi connectivity index (χ1v) is 8.48. The maximum absolute atomic E-state index is 4.44. The number of nitrogens with zero attached hydrogens (tertiary/aromatic N) is 1. The maximum atomic E-state index is 4.44. The molecule has 0 bridgehead atoms. The van der Waals surface area contributed by atoms with Crippen LogP contribution in [0, 0.1) is 0 Å². The van der Waals surface area contributed by atoms with E-state index in [-0.39, 0.29) is 0 Å². The van der Waals surface area contributed by atoms with Crippen LogP contribution >= 0.6 is 39.0 Å². The van der Waals surface area contributed by atoms with Gasteiger partial charge in [0.05, 0.1) is 0 Å². The average Bonchev–Trinajstić information content (AvgIpc) is 2.76. The van der Waals surface area contributed by atoms with E-state index in [4.69, 9.17) is 0 Å². The Morgan fingerprint density at radius 3 is 2.87 bits per heavy atom. The number of thioether (sulfide) groups is 1. The van der Waals surface area contributed by atoms with Gasteiger partial charge in [0.25, 0.3) is 0 Å². The Balaban J connectivity index is 1.76. The normalized spacial score (nSPS) is 18.2. The molecule has 1 aliphatic carbocycles. The lowest BCUT2D eigenvalue weighted by Gasteiger charge is -2.20. The number of hydrogen-bond acceptors (Lipinski definition) is 3. The zero-order valence-electron chi connectivity index (χ0n) is 8.75. The van der Waals surface area contributed by atoms with Crippen LogP contribution in [0.5, 0.6) is 0 Å². The highest BCUT2D eigenvalue weighted by molar-refractivity contribution is 9.08. The van der Waals surface area contributed by atoms with Crippen molar-refractivity contribution in [2.24, 2.45) is 0 Å². The van der Waals surface area contributed by atoms with Gasteiger partial charge in [0, 0.05) is 27.4 Å². The molecule has 2 rings (SSSR count). The Hall–Kier alpha value is 0.460. The summed E-state index contributed by atoms with van der Waals surface area (Å²) in [6, 6.07) is 0. The monoisotopic (exact) mass is 305 g/mol. The number of hydrogen-bond donors (Lipinski definition) is 0. The van der Waals surface area contributed by atoms with Crippen molar-refractivity contribution in [3.05, 3.63) is 16.1 Å². The second-order valence-corrected chi connectivity index (χ2v) is 6.97. The molecule has 1 heterocycles. The molecular weight excluding hydrogens is 290 g/mol. The van der Waals surface area contributed by atoms with Crippen LogP contribution in [-0.4, -0.2) is 10.2 Å². The van der Waals surface area contributed by atoms with Crippen molar-refractivity contribution in [2.75, 3.05) is 0 Å². The first-order chi connectivity index (χ1) is 7.38. The summed E-state index contributed by atoms with van der Waals surface area (Å²) in [4.78, 5) is 5.78. The van der Waals surface area contributed by atoms with Gasteiger partial charge in [0.2, 0.25) is 0 Å². The van der Waals surface area contributed by atoms with Crippen LogP contribution in [0.4, 0.5) is 0 Å². The molecular formula is C11H16BrNS2. The van der Waals surface area contributed by atoms with E-state index in [1.165, 1.54) is 42.0 Å². The van der Waals surface area contributed by atoms with Crippen molar-refractivity contribution in [3.8, 4) is 0 Å². The van der Waals surface area contributed by atoms with Gasteiger partial charge in [-0.15, -0.1) is 11.3 Å². The van der Waals surface area contributed by atoms with E-state index in [2.05, 4.69) is 32.7 Å². The second kappa shape index (κ2) is 6.26. The third-order valence-electron chi connectivity index (χ3n) is 2.73. The molecule has 1 saturated carbocycles. The second-order valence-electron chi connectivity index (χ2n) is 3.92. The molecule has 0 spiro atoms. The molecule has 15 heavy (non-hydrogen) atoms. The van der Waals surface area contributed by atoms with Crippen LogP contribution in [0.15, 0.2) is 6.20 Å². The van der Waals surface area contributed by atoms with Crippen molar-refractivity contribution in [1.29, 1.82) is 0 Å². The van der Waals surface area contributed by atoms with Crippen LogP contribution in [0.3, 0.4) is 0 Å². The molecule has 1 fully saturated rings. The zero-order valence-corrected chi connectivity index (χ0v) is 12.0. The van der Waals surface area contributed by atoms with E-state index < -0.39 is 0 Å². The van der Waals surface area contributed by atoms with Crippen LogP contribution < -0.4 is 0 Å². The van der Waals surface area contributed by atoms with Gasteiger partial charge in [-0.2, -0.15) is 11.8 Å². The largest absolute Gasteiger partial charge is 0.248 e. The van der Waals surface area contributed by atoms with E-state index in [0.29, 0.717) is 0 Å². The molecule has 0 unspecified atom stereocenters. The summed E-state index contributed by atoms with van der Waals surface area (Å²) in [6.45, 7) is 0. The topological polar surface area (TPSA) is 12.9 Å². The number of halogens is 1. The number of thiazole rings is 1. The van der Waals surface area contributed by atoms with Gasteiger partial charge < -0.3 is 0 Å². The summed E-state index contributed by atoms with van der Waals surface area (Å²) in [5, 5.41) is 3.13. The number of rotatable bonds is 4. The highest BCUT2D eigenvalue weighted by atomic mass is 79.9. The van der Waals surface area contributed by atoms with Gasteiger partial charge in [0.1, 0.15) is 5.01 Å². The Morgan fingerprint density at radius 2 is 2.20 bits per heavy atom. The third kappa shape index (κ3) is 3.75. The minimum Gasteiger partial charge on any atom is -0.248 e. The lowest BCUT2D eigenvalue weighted by molar-refractivity contribution is 0.516. The van der Waals surface area contributed by atoms with Gasteiger partial charge in [-0.3, -0.25) is 0 Å². The first-order valence-electron chi connectivity index (χ1n) is 5.49. The molecule has 1 aliphatic rings. The van der Waals surface area contributed by atoms with Gasteiger partial charge in [-0.05, 0) is 12.8 Å². The molecule has 0 atom stereocenters. The van der Waals surface area contributed by atoms with Gasteiger partial charge in [-0.25, -0.2) is 4.98 Å². The van der Waals surface area contributed by atoms with Gasteiger partial charge >= 0.3 is 0 Å². The Labute approximate surface area is 108 Å². The minimum atomic E-state index is 0.898. The van der Waals surface area contributed by atoms with Crippen LogP contribution in [0.1, 0.15) is 42.0 Å². The summed E-state index contributed by atoms with van der Waals surface area (Å²) in [5.74, 6) is 1.11. The predicted molar refractivity (Wildman–Crippen MR) is 72.9 cm³/mol. The summed E-state index contributed by atoms with van der Waals surface area (Å²) >= 11 is 7.41. The van der Waals surface area contributed by atoms with E-state index in [1.54, 1.807) is 0 Å². The molecule has 0 saturated heterocycles. The summed E-state index contributed by atoms with van der Waals surface area (Å²) in [7, 11) is 0. The average molecular weight is 306 g/mol. The molecule has 0 amide bonds. The van der Waals surface area contributed by atoms with E-state index in [9.17, 15) is 0 Å². The number of aromatic nitrogens is 1. The summed E-state index contributed by atoms with van der Waals surface area (Å²) in [6.07, 6.45) is 9.14. The summed E-state index contributed by atoms with van der Waals surface area (Å²) < 4.78 is 0. The van der Waals surface area contributed by atoms with Gasteiger partial charge in [-0.1, -0.05) is 35.2 Å². The SMILES string of the molecule is BrCc1cnc(CSC2CCCCC2)s1. The predicted octanol–water partition coefficient (Wildman–Crippen LogP) is 4.60. The molecule has 1 aromatic heterocycles. The first kappa shape index (κ1) is 11.9. The molecule has 1 nitrogen and oxygen atoms in total. The molecule has 0 aliphatic heterocycles. The molecule has 0 N–H and O–H groups in total. The fourth-order valence-electron chi connectivity index (χ4n) is 1.90. The third-order valence-corrected chi connectivity index (χ3v) is 6.27. The van der Waals surface area contributed by atoms with Crippen molar-refractivity contribution >= 4 is 39.0 Å². The fraction of sp³-hybridized carbons (Fsp3) is 0.727. The molecule has 0 aromatic carbocycles. The minimum absolute atomic E-state index is 0.898. The van der Waals surface area contributed by atoms with E-state index in [0.717, 1.165) is 16.3 Å². The Morgan fingerprint density at radius 1 is 1.40 bits per heavy atom.